The molecule has 3 rings (SSSR count). The molecule has 2 aromatic heterocycles. The number of nitrogens with zero attached hydrogens (tertiary/aromatic N) is 3. The predicted molar refractivity (Wildman–Crippen MR) is 95.8 cm³/mol. The van der Waals surface area contributed by atoms with Crippen molar-refractivity contribution in [3.63, 3.8) is 0 Å². The zero-order valence-electron chi connectivity index (χ0n) is 14.4. The van der Waals surface area contributed by atoms with E-state index in [9.17, 15) is 13.6 Å². The molecule has 0 amide bonds. The maximum Gasteiger partial charge on any atom is 0.315 e. The molecule has 0 aliphatic carbocycles. The Morgan fingerprint density at radius 1 is 1.22 bits per heavy atom. The molecular formula is C19H16ClF2N3O2. The number of esters is 1. The predicted octanol–water partition coefficient (Wildman–Crippen LogP) is 4.09. The minimum Gasteiger partial charge on any atom is -0.465 e. The topological polar surface area (TPSA) is 57.0 Å². The minimum atomic E-state index is -0.896. The fraction of sp³-hybridized carbons (Fsp3) is 0.211. The first-order valence-corrected chi connectivity index (χ1v) is 8.65. The van der Waals surface area contributed by atoms with E-state index >= 15 is 0 Å². The van der Waals surface area contributed by atoms with Gasteiger partial charge >= 0.3 is 5.97 Å². The summed E-state index contributed by atoms with van der Waals surface area (Å²) < 4.78 is 34.3. The van der Waals surface area contributed by atoms with Crippen LogP contribution in [0.1, 0.15) is 24.1 Å². The summed E-state index contributed by atoms with van der Waals surface area (Å²) in [6.45, 7) is 1.84. The lowest BCUT2D eigenvalue weighted by Crippen LogP contribution is -2.22. The Labute approximate surface area is 159 Å². The second-order valence-electron chi connectivity index (χ2n) is 5.70. The lowest BCUT2D eigenvalue weighted by Gasteiger charge is -2.18. The molecule has 0 radical (unpaired) electrons. The van der Waals surface area contributed by atoms with Crippen molar-refractivity contribution in [1.29, 1.82) is 0 Å². The molecule has 27 heavy (non-hydrogen) atoms. The first-order chi connectivity index (χ1) is 13.0. The average molecular weight is 392 g/mol. The van der Waals surface area contributed by atoms with Gasteiger partial charge < -0.3 is 4.74 Å². The SMILES string of the molecule is CCOC(=O)[C@H](Cc1c(F)cccc1Cl)c1ccnn1-c1cccc(F)n1. The molecule has 0 aliphatic heterocycles. The van der Waals surface area contributed by atoms with Crippen LogP contribution in [0.5, 0.6) is 0 Å². The lowest BCUT2D eigenvalue weighted by molar-refractivity contribution is -0.145. The Morgan fingerprint density at radius 3 is 2.70 bits per heavy atom. The summed E-state index contributed by atoms with van der Waals surface area (Å²) in [7, 11) is 0. The van der Waals surface area contributed by atoms with E-state index in [1.807, 2.05) is 0 Å². The molecule has 1 atom stereocenters. The second kappa shape index (κ2) is 8.26. The number of ether oxygens (including phenoxy) is 1. The summed E-state index contributed by atoms with van der Waals surface area (Å²) in [6, 6.07) is 10.1. The van der Waals surface area contributed by atoms with Gasteiger partial charge in [-0.25, -0.2) is 14.1 Å². The quantitative estimate of drug-likeness (QED) is 0.469. The highest BCUT2D eigenvalue weighted by Crippen LogP contribution is 2.29. The van der Waals surface area contributed by atoms with E-state index < -0.39 is 23.7 Å². The molecule has 2 heterocycles. The zero-order chi connectivity index (χ0) is 19.4. The first kappa shape index (κ1) is 19.0. The van der Waals surface area contributed by atoms with Crippen molar-refractivity contribution in [3.8, 4) is 5.82 Å². The van der Waals surface area contributed by atoms with Gasteiger partial charge in [0, 0.05) is 16.8 Å². The number of carbonyl (C=O) groups is 1. The molecule has 1 aromatic carbocycles. The number of halogens is 3. The van der Waals surface area contributed by atoms with Crippen LogP contribution in [-0.2, 0) is 16.0 Å². The summed E-state index contributed by atoms with van der Waals surface area (Å²) in [5, 5.41) is 4.34. The van der Waals surface area contributed by atoms with Crippen LogP contribution in [0.15, 0.2) is 48.7 Å². The van der Waals surface area contributed by atoms with Gasteiger partial charge in [0.15, 0.2) is 5.82 Å². The minimum absolute atomic E-state index is 0.0364. The van der Waals surface area contributed by atoms with Crippen LogP contribution >= 0.6 is 11.6 Å². The van der Waals surface area contributed by atoms with Crippen LogP contribution in [0.25, 0.3) is 5.82 Å². The third kappa shape index (κ3) is 4.14. The van der Waals surface area contributed by atoms with Crippen molar-refractivity contribution in [1.82, 2.24) is 14.8 Å². The molecule has 0 unspecified atom stereocenters. The number of aromatic nitrogens is 3. The number of rotatable bonds is 6. The summed E-state index contributed by atoms with van der Waals surface area (Å²) in [5.74, 6) is -2.46. The molecule has 3 aromatic rings. The summed E-state index contributed by atoms with van der Waals surface area (Å²) in [6.07, 6.45) is 1.42. The molecule has 5 nitrogen and oxygen atoms in total. The van der Waals surface area contributed by atoms with E-state index in [0.717, 1.165) is 0 Å². The number of hydrogen-bond acceptors (Lipinski definition) is 4. The maximum absolute atomic E-state index is 14.3. The van der Waals surface area contributed by atoms with Gasteiger partial charge in [-0.05, 0) is 43.7 Å². The van der Waals surface area contributed by atoms with Gasteiger partial charge in [0.25, 0.3) is 0 Å². The van der Waals surface area contributed by atoms with Crippen LogP contribution < -0.4 is 0 Å². The van der Waals surface area contributed by atoms with E-state index in [0.29, 0.717) is 5.69 Å². The highest BCUT2D eigenvalue weighted by atomic mass is 35.5. The number of carbonyl (C=O) groups excluding carboxylic acids is 1. The molecule has 0 aliphatic rings. The number of pyridine rings is 1. The standard InChI is InChI=1S/C19H16ClF2N3O2/c1-2-27-19(26)13(11-12-14(20)5-3-6-15(12)21)16-9-10-23-25(16)18-8-4-7-17(22)24-18/h3-10,13H,2,11H2,1H3/t13-/m1/s1. The van der Waals surface area contributed by atoms with E-state index in [1.165, 1.54) is 35.1 Å². The van der Waals surface area contributed by atoms with Gasteiger partial charge in [0.1, 0.15) is 11.7 Å². The van der Waals surface area contributed by atoms with Gasteiger partial charge in [-0.1, -0.05) is 23.7 Å². The van der Waals surface area contributed by atoms with E-state index in [1.54, 1.807) is 25.1 Å². The molecule has 0 saturated carbocycles. The summed E-state index contributed by atoms with van der Waals surface area (Å²) >= 11 is 6.12. The highest BCUT2D eigenvalue weighted by molar-refractivity contribution is 6.31. The largest absolute Gasteiger partial charge is 0.465 e. The normalized spacial score (nSPS) is 12.0. The molecule has 0 fully saturated rings. The van der Waals surface area contributed by atoms with E-state index in [-0.39, 0.29) is 29.4 Å². The molecule has 0 N–H and O–H groups in total. The van der Waals surface area contributed by atoms with Crippen LogP contribution in [0.3, 0.4) is 0 Å². The average Bonchev–Trinajstić information content (AvgIpc) is 3.11. The van der Waals surface area contributed by atoms with E-state index in [4.69, 9.17) is 16.3 Å². The molecule has 0 bridgehead atoms. The fourth-order valence-electron chi connectivity index (χ4n) is 2.77. The van der Waals surface area contributed by atoms with Crippen molar-refractivity contribution in [2.75, 3.05) is 6.61 Å². The fourth-order valence-corrected chi connectivity index (χ4v) is 3.01. The Hall–Kier alpha value is -2.80. The number of hydrogen-bond donors (Lipinski definition) is 0. The van der Waals surface area contributed by atoms with Crippen molar-refractivity contribution in [2.45, 2.75) is 19.3 Å². The van der Waals surface area contributed by atoms with Crippen LogP contribution in [-0.4, -0.2) is 27.3 Å². The molecule has 0 saturated heterocycles. The van der Waals surface area contributed by atoms with Crippen molar-refractivity contribution >= 4 is 17.6 Å². The summed E-state index contributed by atoms with van der Waals surface area (Å²) in [5.41, 5.74) is 0.586. The molecular weight excluding hydrogens is 376 g/mol. The monoisotopic (exact) mass is 391 g/mol. The van der Waals surface area contributed by atoms with Gasteiger partial charge in [0.05, 0.1) is 12.3 Å². The third-order valence-electron chi connectivity index (χ3n) is 3.99. The smallest absolute Gasteiger partial charge is 0.315 e. The molecule has 0 spiro atoms. The van der Waals surface area contributed by atoms with Crippen molar-refractivity contribution < 1.29 is 18.3 Å². The van der Waals surface area contributed by atoms with E-state index in [2.05, 4.69) is 10.1 Å². The highest BCUT2D eigenvalue weighted by Gasteiger charge is 2.28. The molecule has 8 heteroatoms. The van der Waals surface area contributed by atoms with Crippen LogP contribution in [0.2, 0.25) is 5.02 Å². The summed E-state index contributed by atoms with van der Waals surface area (Å²) in [4.78, 5) is 16.4. The van der Waals surface area contributed by atoms with Crippen LogP contribution in [0, 0.1) is 11.8 Å². The van der Waals surface area contributed by atoms with Gasteiger partial charge in [-0.15, -0.1) is 0 Å². The van der Waals surface area contributed by atoms with Crippen molar-refractivity contribution in [3.05, 3.63) is 76.7 Å². The molecule has 140 valence electrons. The lowest BCUT2D eigenvalue weighted by atomic mass is 9.95. The number of benzene rings is 1. The zero-order valence-corrected chi connectivity index (χ0v) is 15.2. The maximum atomic E-state index is 14.3. The Balaban J connectivity index is 2.05. The second-order valence-corrected chi connectivity index (χ2v) is 6.10. The van der Waals surface area contributed by atoms with Gasteiger partial charge in [-0.3, -0.25) is 4.79 Å². The van der Waals surface area contributed by atoms with Crippen LogP contribution in [0.4, 0.5) is 8.78 Å². The van der Waals surface area contributed by atoms with Gasteiger partial charge in [0.2, 0.25) is 5.95 Å². The third-order valence-corrected chi connectivity index (χ3v) is 4.34. The van der Waals surface area contributed by atoms with Gasteiger partial charge in [-0.2, -0.15) is 9.49 Å². The Morgan fingerprint density at radius 2 is 2.00 bits per heavy atom. The van der Waals surface area contributed by atoms with Crippen molar-refractivity contribution in [2.24, 2.45) is 0 Å². The first-order valence-electron chi connectivity index (χ1n) is 8.27. The Bertz CT molecular complexity index is 941. The Kier molecular flexibility index (Phi) is 5.81.